The van der Waals surface area contributed by atoms with Crippen LogP contribution in [-0.4, -0.2) is 16.5 Å². The molecule has 17 heavy (non-hydrogen) atoms. The molecule has 3 heteroatoms. The van der Waals surface area contributed by atoms with E-state index >= 15 is 0 Å². The number of aryl methyl sites for hydroxylation is 1. The highest BCUT2D eigenvalue weighted by atomic mass is 15.0. The number of hydrogen-bond acceptors (Lipinski definition) is 3. The van der Waals surface area contributed by atoms with Crippen molar-refractivity contribution in [2.45, 2.75) is 20.8 Å². The number of aromatic nitrogens is 2. The standard InChI is InChI=1S/C14H17N3/c1-4-15-14-10(2)13(16-11(3)17-14)12-8-6-5-7-9-12/h5-9H,4H2,1-3H3,(H,15,16,17). The van der Waals surface area contributed by atoms with Crippen molar-refractivity contribution in [1.29, 1.82) is 0 Å². The van der Waals surface area contributed by atoms with Gasteiger partial charge in [0.25, 0.3) is 0 Å². The van der Waals surface area contributed by atoms with Crippen molar-refractivity contribution in [2.75, 3.05) is 11.9 Å². The van der Waals surface area contributed by atoms with Crippen molar-refractivity contribution in [3.8, 4) is 11.3 Å². The summed E-state index contributed by atoms with van der Waals surface area (Å²) in [6.45, 7) is 6.91. The van der Waals surface area contributed by atoms with E-state index in [4.69, 9.17) is 0 Å². The quantitative estimate of drug-likeness (QED) is 0.875. The van der Waals surface area contributed by atoms with Crippen LogP contribution in [0.4, 0.5) is 5.82 Å². The molecule has 0 fully saturated rings. The van der Waals surface area contributed by atoms with E-state index in [1.807, 2.05) is 25.1 Å². The van der Waals surface area contributed by atoms with Crippen LogP contribution in [0.5, 0.6) is 0 Å². The Balaban J connectivity index is 2.54. The molecule has 0 aliphatic rings. The smallest absolute Gasteiger partial charge is 0.133 e. The predicted octanol–water partition coefficient (Wildman–Crippen LogP) is 3.19. The van der Waals surface area contributed by atoms with Crippen LogP contribution in [-0.2, 0) is 0 Å². The van der Waals surface area contributed by atoms with Crippen molar-refractivity contribution >= 4 is 5.82 Å². The van der Waals surface area contributed by atoms with Crippen LogP contribution in [0.2, 0.25) is 0 Å². The minimum Gasteiger partial charge on any atom is -0.370 e. The molecule has 2 rings (SSSR count). The summed E-state index contributed by atoms with van der Waals surface area (Å²) in [7, 11) is 0. The van der Waals surface area contributed by atoms with Gasteiger partial charge in [-0.25, -0.2) is 9.97 Å². The maximum Gasteiger partial charge on any atom is 0.133 e. The molecule has 0 bridgehead atoms. The Morgan fingerprint density at radius 2 is 1.76 bits per heavy atom. The van der Waals surface area contributed by atoms with Crippen LogP contribution in [0.1, 0.15) is 18.3 Å². The fourth-order valence-electron chi connectivity index (χ4n) is 1.85. The third kappa shape index (κ3) is 2.44. The summed E-state index contributed by atoms with van der Waals surface area (Å²) in [6, 6.07) is 10.2. The zero-order chi connectivity index (χ0) is 12.3. The number of nitrogens with one attached hydrogen (secondary N) is 1. The Morgan fingerprint density at radius 1 is 1.06 bits per heavy atom. The molecule has 1 heterocycles. The van der Waals surface area contributed by atoms with Gasteiger partial charge in [0.2, 0.25) is 0 Å². The zero-order valence-electron chi connectivity index (χ0n) is 10.5. The lowest BCUT2D eigenvalue weighted by molar-refractivity contribution is 1.02. The van der Waals surface area contributed by atoms with E-state index in [0.29, 0.717) is 0 Å². The van der Waals surface area contributed by atoms with E-state index in [-0.39, 0.29) is 0 Å². The van der Waals surface area contributed by atoms with E-state index in [1.165, 1.54) is 0 Å². The average molecular weight is 227 g/mol. The number of nitrogens with zero attached hydrogens (tertiary/aromatic N) is 2. The van der Waals surface area contributed by atoms with Crippen LogP contribution < -0.4 is 5.32 Å². The summed E-state index contributed by atoms with van der Waals surface area (Å²) in [4.78, 5) is 8.96. The molecule has 0 unspecified atom stereocenters. The normalized spacial score (nSPS) is 10.3. The van der Waals surface area contributed by atoms with Gasteiger partial charge >= 0.3 is 0 Å². The van der Waals surface area contributed by atoms with Crippen molar-refractivity contribution in [1.82, 2.24) is 9.97 Å². The van der Waals surface area contributed by atoms with E-state index in [2.05, 4.69) is 41.3 Å². The van der Waals surface area contributed by atoms with Crippen molar-refractivity contribution in [3.63, 3.8) is 0 Å². The monoisotopic (exact) mass is 227 g/mol. The zero-order valence-corrected chi connectivity index (χ0v) is 10.5. The molecule has 0 spiro atoms. The predicted molar refractivity (Wildman–Crippen MR) is 71.1 cm³/mol. The highest BCUT2D eigenvalue weighted by Crippen LogP contribution is 2.25. The Bertz CT molecular complexity index is 506. The van der Waals surface area contributed by atoms with Gasteiger partial charge in [-0.2, -0.15) is 0 Å². The molecular weight excluding hydrogens is 210 g/mol. The molecule has 1 aromatic heterocycles. The number of benzene rings is 1. The molecular formula is C14H17N3. The summed E-state index contributed by atoms with van der Waals surface area (Å²) in [6.07, 6.45) is 0. The van der Waals surface area contributed by atoms with Crippen molar-refractivity contribution < 1.29 is 0 Å². The first-order valence-electron chi connectivity index (χ1n) is 5.87. The lowest BCUT2D eigenvalue weighted by Gasteiger charge is -2.11. The molecule has 88 valence electrons. The second kappa shape index (κ2) is 4.95. The second-order valence-corrected chi connectivity index (χ2v) is 3.99. The van der Waals surface area contributed by atoms with Gasteiger partial charge in [-0.05, 0) is 20.8 Å². The van der Waals surface area contributed by atoms with Gasteiger partial charge in [0, 0.05) is 17.7 Å². The maximum atomic E-state index is 4.53. The van der Waals surface area contributed by atoms with Gasteiger partial charge in [-0.3, -0.25) is 0 Å². The molecule has 0 amide bonds. The first-order valence-corrected chi connectivity index (χ1v) is 5.87. The molecule has 0 saturated heterocycles. The van der Waals surface area contributed by atoms with E-state index in [9.17, 15) is 0 Å². The third-order valence-electron chi connectivity index (χ3n) is 2.65. The maximum absolute atomic E-state index is 4.53. The Hall–Kier alpha value is -1.90. The van der Waals surface area contributed by atoms with Gasteiger partial charge in [0.15, 0.2) is 0 Å². The lowest BCUT2D eigenvalue weighted by atomic mass is 10.1. The number of anilines is 1. The van der Waals surface area contributed by atoms with Crippen molar-refractivity contribution in [2.24, 2.45) is 0 Å². The van der Waals surface area contributed by atoms with Gasteiger partial charge in [0.05, 0.1) is 5.69 Å². The largest absolute Gasteiger partial charge is 0.370 e. The first-order chi connectivity index (χ1) is 8.22. The SMILES string of the molecule is CCNc1nc(C)nc(-c2ccccc2)c1C. The van der Waals surface area contributed by atoms with Gasteiger partial charge in [-0.15, -0.1) is 0 Å². The molecule has 0 saturated carbocycles. The van der Waals surface area contributed by atoms with Crippen LogP contribution in [0.3, 0.4) is 0 Å². The summed E-state index contributed by atoms with van der Waals surface area (Å²) in [5.74, 6) is 1.73. The van der Waals surface area contributed by atoms with Gasteiger partial charge < -0.3 is 5.32 Å². The summed E-state index contributed by atoms with van der Waals surface area (Å²) >= 11 is 0. The minimum absolute atomic E-state index is 0.797. The summed E-state index contributed by atoms with van der Waals surface area (Å²) in [5.41, 5.74) is 3.24. The molecule has 1 aromatic carbocycles. The molecule has 3 nitrogen and oxygen atoms in total. The molecule has 0 atom stereocenters. The molecule has 0 radical (unpaired) electrons. The Labute approximate surface area is 102 Å². The molecule has 0 aliphatic heterocycles. The Kier molecular flexibility index (Phi) is 3.38. The minimum atomic E-state index is 0.797. The summed E-state index contributed by atoms with van der Waals surface area (Å²) < 4.78 is 0. The highest BCUT2D eigenvalue weighted by Gasteiger charge is 2.09. The van der Waals surface area contributed by atoms with Crippen LogP contribution in [0.15, 0.2) is 30.3 Å². The Morgan fingerprint density at radius 3 is 2.41 bits per heavy atom. The van der Waals surface area contributed by atoms with Gasteiger partial charge in [-0.1, -0.05) is 30.3 Å². The molecule has 2 aromatic rings. The summed E-state index contributed by atoms with van der Waals surface area (Å²) in [5, 5.41) is 3.28. The topological polar surface area (TPSA) is 37.8 Å². The highest BCUT2D eigenvalue weighted by molar-refractivity contribution is 5.68. The van der Waals surface area contributed by atoms with E-state index in [1.54, 1.807) is 0 Å². The van der Waals surface area contributed by atoms with Crippen LogP contribution in [0, 0.1) is 13.8 Å². The third-order valence-corrected chi connectivity index (χ3v) is 2.65. The second-order valence-electron chi connectivity index (χ2n) is 3.99. The van der Waals surface area contributed by atoms with Crippen LogP contribution in [0.25, 0.3) is 11.3 Å². The van der Waals surface area contributed by atoms with Crippen molar-refractivity contribution in [3.05, 3.63) is 41.7 Å². The number of rotatable bonds is 3. The fourth-order valence-corrected chi connectivity index (χ4v) is 1.85. The van der Waals surface area contributed by atoms with E-state index in [0.717, 1.165) is 35.0 Å². The number of hydrogen-bond donors (Lipinski definition) is 1. The lowest BCUT2D eigenvalue weighted by Crippen LogP contribution is -2.06. The first kappa shape index (κ1) is 11.6. The molecule has 1 N–H and O–H groups in total. The molecule has 0 aliphatic carbocycles. The van der Waals surface area contributed by atoms with Crippen LogP contribution >= 0.6 is 0 Å². The van der Waals surface area contributed by atoms with E-state index < -0.39 is 0 Å². The van der Waals surface area contributed by atoms with Gasteiger partial charge in [0.1, 0.15) is 11.6 Å². The average Bonchev–Trinajstić information content (AvgIpc) is 2.35. The fraction of sp³-hybridized carbons (Fsp3) is 0.286.